The number of carbonyl (C=O) groups excluding carboxylic acids is 1. The number of nitrogens with zero attached hydrogens (tertiary/aromatic N) is 1. The third kappa shape index (κ3) is 3.24. The average Bonchev–Trinajstić information content (AvgIpc) is 3.47. The largest absolute Gasteiger partial charge is 0.489 e. The van der Waals surface area contributed by atoms with E-state index in [0.29, 0.717) is 5.75 Å². The molecule has 3 aliphatic rings. The molecule has 2 N–H and O–H groups in total. The van der Waals surface area contributed by atoms with Gasteiger partial charge in [0.05, 0.1) is 5.69 Å². The summed E-state index contributed by atoms with van der Waals surface area (Å²) in [5.41, 5.74) is 4.44. The number of likely N-dealkylation sites (N-methyl/N-ethyl adjacent to an activating group) is 1. The lowest BCUT2D eigenvalue weighted by Crippen LogP contribution is -2.51. The summed E-state index contributed by atoms with van der Waals surface area (Å²) in [6.45, 7) is 0.179. The standard InChI is InChI=1S/C25H26N2O3/c1-27-21-9-5-6-10-22(21)30-16-20(24(27)29)26-23(28)17-11-12-19(15-17)25(13-14-25)18-7-3-2-4-8-18/h2-12,20,23,26,28H,13-16H2,1H3/t20-,23?/m0/s1. The third-order valence-corrected chi connectivity index (χ3v) is 6.56. The monoisotopic (exact) mass is 402 g/mol. The van der Waals surface area contributed by atoms with E-state index >= 15 is 0 Å². The number of hydrogen-bond donors (Lipinski definition) is 2. The van der Waals surface area contributed by atoms with E-state index in [1.54, 1.807) is 11.9 Å². The minimum atomic E-state index is -0.891. The van der Waals surface area contributed by atoms with Gasteiger partial charge in [-0.3, -0.25) is 10.1 Å². The van der Waals surface area contributed by atoms with Crippen LogP contribution in [0.4, 0.5) is 5.69 Å². The Kier molecular flexibility index (Phi) is 4.72. The van der Waals surface area contributed by atoms with Crippen LogP contribution < -0.4 is 15.0 Å². The molecule has 2 aliphatic carbocycles. The van der Waals surface area contributed by atoms with Crippen molar-refractivity contribution in [1.82, 2.24) is 5.32 Å². The summed E-state index contributed by atoms with van der Waals surface area (Å²) in [5, 5.41) is 13.9. The summed E-state index contributed by atoms with van der Waals surface area (Å²) < 4.78 is 5.84. The first-order chi connectivity index (χ1) is 14.6. The molecule has 1 saturated carbocycles. The van der Waals surface area contributed by atoms with Gasteiger partial charge in [-0.2, -0.15) is 0 Å². The average molecular weight is 402 g/mol. The van der Waals surface area contributed by atoms with Gasteiger partial charge in [-0.15, -0.1) is 0 Å². The molecule has 0 radical (unpaired) electrons. The Balaban J connectivity index is 1.25. The van der Waals surface area contributed by atoms with Crippen molar-refractivity contribution in [2.45, 2.75) is 36.9 Å². The molecule has 1 amide bonds. The lowest BCUT2D eigenvalue weighted by atomic mass is 9.86. The summed E-state index contributed by atoms with van der Waals surface area (Å²) in [5.74, 6) is 0.559. The lowest BCUT2D eigenvalue weighted by molar-refractivity contribution is -0.121. The fourth-order valence-corrected chi connectivity index (χ4v) is 4.61. The van der Waals surface area contributed by atoms with Gasteiger partial charge in [0.25, 0.3) is 0 Å². The van der Waals surface area contributed by atoms with Crippen LogP contribution >= 0.6 is 0 Å². The molecule has 0 saturated heterocycles. The van der Waals surface area contributed by atoms with Crippen LogP contribution in [0.2, 0.25) is 0 Å². The van der Waals surface area contributed by atoms with E-state index in [0.717, 1.165) is 30.5 Å². The van der Waals surface area contributed by atoms with E-state index in [1.165, 1.54) is 11.1 Å². The second kappa shape index (κ2) is 7.42. The van der Waals surface area contributed by atoms with Crippen molar-refractivity contribution in [2.24, 2.45) is 0 Å². The molecule has 2 aromatic carbocycles. The van der Waals surface area contributed by atoms with Gasteiger partial charge in [-0.1, -0.05) is 60.2 Å². The van der Waals surface area contributed by atoms with Crippen molar-refractivity contribution in [3.05, 3.63) is 83.5 Å². The number of allylic oxidation sites excluding steroid dienone is 3. The fraction of sp³-hybridized carbons (Fsp3) is 0.320. The van der Waals surface area contributed by atoms with Crippen LogP contribution in [0, 0.1) is 0 Å². The molecule has 154 valence electrons. The van der Waals surface area contributed by atoms with Crippen molar-refractivity contribution in [1.29, 1.82) is 0 Å². The van der Waals surface area contributed by atoms with Crippen LogP contribution in [-0.2, 0) is 10.2 Å². The second-order valence-electron chi connectivity index (χ2n) is 8.36. The van der Waals surface area contributed by atoms with Gasteiger partial charge >= 0.3 is 0 Å². The quantitative estimate of drug-likeness (QED) is 0.754. The smallest absolute Gasteiger partial charge is 0.247 e. The Bertz CT molecular complexity index is 1020. The van der Waals surface area contributed by atoms with Gasteiger partial charge in [0.15, 0.2) is 0 Å². The summed E-state index contributed by atoms with van der Waals surface area (Å²) in [6, 6.07) is 17.5. The minimum absolute atomic E-state index is 0.113. The van der Waals surface area contributed by atoms with Crippen LogP contribution in [0.25, 0.3) is 0 Å². The maximum atomic E-state index is 12.9. The zero-order valence-electron chi connectivity index (χ0n) is 17.0. The van der Waals surface area contributed by atoms with Gasteiger partial charge in [-0.05, 0) is 42.5 Å². The molecule has 5 nitrogen and oxygen atoms in total. The number of amides is 1. The van der Waals surface area contributed by atoms with E-state index in [2.05, 4.69) is 35.7 Å². The normalized spacial score (nSPS) is 23.1. The maximum absolute atomic E-state index is 12.9. The number of rotatable bonds is 5. The van der Waals surface area contributed by atoms with E-state index in [1.807, 2.05) is 36.4 Å². The Morgan fingerprint density at radius 3 is 2.60 bits per heavy atom. The zero-order valence-corrected chi connectivity index (χ0v) is 17.0. The van der Waals surface area contributed by atoms with Crippen LogP contribution in [-0.4, -0.2) is 36.9 Å². The Morgan fingerprint density at radius 1 is 1.10 bits per heavy atom. The summed E-state index contributed by atoms with van der Waals surface area (Å²) in [4.78, 5) is 14.5. The molecule has 1 aliphatic heterocycles. The van der Waals surface area contributed by atoms with Crippen LogP contribution in [0.5, 0.6) is 5.75 Å². The number of fused-ring (bicyclic) bond motifs is 1. The molecular weight excluding hydrogens is 376 g/mol. The Labute approximate surface area is 176 Å². The van der Waals surface area contributed by atoms with E-state index < -0.39 is 12.3 Å². The SMILES string of the molecule is CN1C(=O)[C@@H](NC(O)C2=CC=C(C3(c4ccccc4)CC3)C2)COc2ccccc21. The summed E-state index contributed by atoms with van der Waals surface area (Å²) in [7, 11) is 1.74. The molecule has 5 heteroatoms. The van der Waals surface area contributed by atoms with Crippen molar-refractivity contribution < 1.29 is 14.6 Å². The van der Waals surface area contributed by atoms with Gasteiger partial charge in [0, 0.05) is 12.5 Å². The van der Waals surface area contributed by atoms with Crippen molar-refractivity contribution >= 4 is 11.6 Å². The van der Waals surface area contributed by atoms with Crippen molar-refractivity contribution in [2.75, 3.05) is 18.6 Å². The molecular formula is C25H26N2O3. The predicted octanol–water partition coefficient (Wildman–Crippen LogP) is 3.31. The van der Waals surface area contributed by atoms with Gasteiger partial charge < -0.3 is 14.7 Å². The van der Waals surface area contributed by atoms with E-state index in [-0.39, 0.29) is 17.9 Å². The molecule has 0 aromatic heterocycles. The number of anilines is 1. The van der Waals surface area contributed by atoms with Gasteiger partial charge in [0.1, 0.15) is 24.6 Å². The van der Waals surface area contributed by atoms with E-state index in [4.69, 9.17) is 4.74 Å². The molecule has 0 spiro atoms. The molecule has 5 rings (SSSR count). The van der Waals surface area contributed by atoms with Crippen LogP contribution in [0.15, 0.2) is 77.9 Å². The minimum Gasteiger partial charge on any atom is -0.489 e. The predicted molar refractivity (Wildman–Crippen MR) is 116 cm³/mol. The zero-order chi connectivity index (χ0) is 20.7. The second-order valence-corrected chi connectivity index (χ2v) is 8.36. The highest BCUT2D eigenvalue weighted by Crippen LogP contribution is 2.56. The highest BCUT2D eigenvalue weighted by Gasteiger charge is 2.48. The number of ether oxygens (including phenoxy) is 1. The number of benzene rings is 2. The fourth-order valence-electron chi connectivity index (χ4n) is 4.61. The maximum Gasteiger partial charge on any atom is 0.247 e. The summed E-state index contributed by atoms with van der Waals surface area (Å²) >= 11 is 0. The molecule has 1 unspecified atom stereocenters. The molecule has 2 atom stereocenters. The van der Waals surface area contributed by atoms with E-state index in [9.17, 15) is 9.90 Å². The van der Waals surface area contributed by atoms with Crippen LogP contribution in [0.3, 0.4) is 0 Å². The molecule has 2 aromatic rings. The number of aliphatic hydroxyl groups is 1. The molecule has 30 heavy (non-hydrogen) atoms. The molecule has 1 heterocycles. The number of aliphatic hydroxyl groups excluding tert-OH is 1. The first kappa shape index (κ1) is 19.1. The van der Waals surface area contributed by atoms with Crippen molar-refractivity contribution in [3.63, 3.8) is 0 Å². The topological polar surface area (TPSA) is 61.8 Å². The number of carbonyl (C=O) groups is 1. The number of hydrogen-bond acceptors (Lipinski definition) is 4. The molecule has 0 bridgehead atoms. The third-order valence-electron chi connectivity index (χ3n) is 6.56. The highest BCUT2D eigenvalue weighted by molar-refractivity contribution is 5.98. The van der Waals surface area contributed by atoms with Gasteiger partial charge in [0.2, 0.25) is 5.91 Å². The number of nitrogens with one attached hydrogen (secondary N) is 1. The Hall–Kier alpha value is -2.89. The Morgan fingerprint density at radius 2 is 1.83 bits per heavy atom. The molecule has 1 fully saturated rings. The first-order valence-electron chi connectivity index (χ1n) is 10.5. The first-order valence-corrected chi connectivity index (χ1v) is 10.5. The van der Waals surface area contributed by atoms with Crippen LogP contribution in [0.1, 0.15) is 24.8 Å². The van der Waals surface area contributed by atoms with Crippen molar-refractivity contribution in [3.8, 4) is 5.75 Å². The highest BCUT2D eigenvalue weighted by atomic mass is 16.5. The van der Waals surface area contributed by atoms with Gasteiger partial charge in [-0.25, -0.2) is 0 Å². The number of para-hydroxylation sites is 2. The summed E-state index contributed by atoms with van der Waals surface area (Å²) in [6.07, 6.45) is 6.26. The lowest BCUT2D eigenvalue weighted by Gasteiger charge is -2.24.